The Morgan fingerprint density at radius 1 is 1.17 bits per heavy atom. The van der Waals surface area contributed by atoms with Gasteiger partial charge in [0, 0.05) is 18.3 Å². The second-order valence-corrected chi connectivity index (χ2v) is 9.17. The van der Waals surface area contributed by atoms with E-state index in [1.54, 1.807) is 36.7 Å². The van der Waals surface area contributed by atoms with E-state index in [1.807, 2.05) is 24.3 Å². The Morgan fingerprint density at radius 2 is 2.00 bits per heavy atom. The van der Waals surface area contributed by atoms with Gasteiger partial charge in [-0.05, 0) is 66.6 Å². The Hall–Kier alpha value is -2.97. The number of H-pyrrole nitrogens is 1. The van der Waals surface area contributed by atoms with Gasteiger partial charge in [0.2, 0.25) is 10.0 Å². The van der Waals surface area contributed by atoms with E-state index in [9.17, 15) is 13.2 Å². The van der Waals surface area contributed by atoms with Gasteiger partial charge in [0.05, 0.1) is 17.1 Å². The van der Waals surface area contributed by atoms with Crippen LogP contribution in [0.3, 0.4) is 0 Å². The minimum atomic E-state index is -3.61. The van der Waals surface area contributed by atoms with E-state index in [4.69, 9.17) is 0 Å². The molecule has 0 bridgehead atoms. The number of nitrogens with one attached hydrogen (secondary N) is 3. The molecule has 8 heteroatoms. The Labute approximate surface area is 176 Å². The molecular formula is C22H24N4O3S. The summed E-state index contributed by atoms with van der Waals surface area (Å²) in [4.78, 5) is 12.7. The Bertz CT molecular complexity index is 1110. The minimum Gasteiger partial charge on any atom is -0.345 e. The number of aryl methyl sites for hydroxylation is 2. The van der Waals surface area contributed by atoms with Crippen LogP contribution in [0.15, 0.2) is 65.8 Å². The molecule has 0 spiro atoms. The molecule has 1 atom stereocenters. The van der Waals surface area contributed by atoms with Crippen molar-refractivity contribution in [2.24, 2.45) is 0 Å². The van der Waals surface area contributed by atoms with Crippen molar-refractivity contribution in [3.8, 4) is 0 Å². The van der Waals surface area contributed by atoms with Crippen LogP contribution in [-0.4, -0.2) is 31.1 Å². The van der Waals surface area contributed by atoms with Crippen molar-refractivity contribution in [3.63, 3.8) is 0 Å². The molecule has 0 radical (unpaired) electrons. The number of hydrogen-bond acceptors (Lipinski definition) is 4. The van der Waals surface area contributed by atoms with Gasteiger partial charge in [0.25, 0.3) is 5.91 Å². The number of rotatable bonds is 8. The molecule has 0 saturated heterocycles. The first-order chi connectivity index (χ1) is 14.5. The summed E-state index contributed by atoms with van der Waals surface area (Å²) < 4.78 is 28.1. The second kappa shape index (κ2) is 8.81. The lowest BCUT2D eigenvalue weighted by Crippen LogP contribution is -2.28. The number of benzene rings is 2. The summed E-state index contributed by atoms with van der Waals surface area (Å²) in [6.07, 6.45) is 6.54. The molecule has 0 fully saturated rings. The number of carbonyl (C=O) groups is 1. The van der Waals surface area contributed by atoms with E-state index in [0.717, 1.165) is 36.0 Å². The normalized spacial score (nSPS) is 15.7. The lowest BCUT2D eigenvalue weighted by molar-refractivity contribution is 0.0936. The van der Waals surface area contributed by atoms with Gasteiger partial charge >= 0.3 is 0 Å². The highest BCUT2D eigenvalue weighted by atomic mass is 32.2. The van der Waals surface area contributed by atoms with Crippen molar-refractivity contribution in [3.05, 3.63) is 83.2 Å². The van der Waals surface area contributed by atoms with Gasteiger partial charge in [-0.2, -0.15) is 5.10 Å². The molecule has 1 amide bonds. The Kier molecular flexibility index (Phi) is 5.96. The van der Waals surface area contributed by atoms with Gasteiger partial charge in [-0.3, -0.25) is 9.89 Å². The Balaban J connectivity index is 1.42. The second-order valence-electron chi connectivity index (χ2n) is 7.40. The van der Waals surface area contributed by atoms with Gasteiger partial charge in [-0.25, -0.2) is 13.1 Å². The zero-order valence-corrected chi connectivity index (χ0v) is 17.3. The van der Waals surface area contributed by atoms with Crippen molar-refractivity contribution >= 4 is 15.9 Å². The first-order valence-corrected chi connectivity index (χ1v) is 11.5. The molecule has 1 heterocycles. The third-order valence-electron chi connectivity index (χ3n) is 5.34. The third kappa shape index (κ3) is 4.60. The van der Waals surface area contributed by atoms with E-state index in [-0.39, 0.29) is 16.8 Å². The van der Waals surface area contributed by atoms with Crippen LogP contribution in [0.4, 0.5) is 0 Å². The lowest BCUT2D eigenvalue weighted by Gasteiger charge is -2.15. The Morgan fingerprint density at radius 3 is 2.77 bits per heavy atom. The molecule has 0 saturated carbocycles. The van der Waals surface area contributed by atoms with Crippen LogP contribution >= 0.6 is 0 Å². The van der Waals surface area contributed by atoms with Crippen molar-refractivity contribution in [1.29, 1.82) is 0 Å². The highest BCUT2D eigenvalue weighted by Crippen LogP contribution is 2.33. The zero-order chi connectivity index (χ0) is 21.0. The predicted octanol–water partition coefficient (Wildman–Crippen LogP) is 2.74. The van der Waals surface area contributed by atoms with Crippen LogP contribution in [0.25, 0.3) is 0 Å². The number of hydrogen-bond donors (Lipinski definition) is 3. The summed E-state index contributed by atoms with van der Waals surface area (Å²) >= 11 is 0. The fourth-order valence-electron chi connectivity index (χ4n) is 3.73. The van der Waals surface area contributed by atoms with Gasteiger partial charge in [0.1, 0.15) is 0 Å². The summed E-state index contributed by atoms with van der Waals surface area (Å²) in [7, 11) is -3.61. The van der Waals surface area contributed by atoms with E-state index < -0.39 is 10.0 Å². The number of nitrogens with zero attached hydrogens (tertiary/aromatic N) is 1. The first kappa shape index (κ1) is 20.3. The average molecular weight is 425 g/mol. The van der Waals surface area contributed by atoms with Crippen LogP contribution in [0.1, 0.15) is 45.9 Å². The topological polar surface area (TPSA) is 104 Å². The zero-order valence-electron chi connectivity index (χ0n) is 16.5. The number of fused-ring (bicyclic) bond motifs is 1. The van der Waals surface area contributed by atoms with E-state index in [0.29, 0.717) is 18.5 Å². The smallest absolute Gasteiger partial charge is 0.251 e. The largest absolute Gasteiger partial charge is 0.345 e. The van der Waals surface area contributed by atoms with E-state index in [2.05, 4.69) is 20.2 Å². The van der Waals surface area contributed by atoms with Crippen LogP contribution in [0.5, 0.6) is 0 Å². The fourth-order valence-corrected chi connectivity index (χ4v) is 4.83. The molecule has 0 unspecified atom stereocenters. The van der Waals surface area contributed by atoms with Crippen molar-refractivity contribution in [2.75, 3.05) is 6.54 Å². The minimum absolute atomic E-state index is 0.154. The van der Waals surface area contributed by atoms with Gasteiger partial charge in [-0.15, -0.1) is 0 Å². The fraction of sp³-hybridized carbons (Fsp3) is 0.273. The van der Waals surface area contributed by atoms with Crippen molar-refractivity contribution < 1.29 is 13.2 Å². The maximum absolute atomic E-state index is 12.7. The average Bonchev–Trinajstić information content (AvgIpc) is 3.42. The number of aromatic nitrogens is 2. The van der Waals surface area contributed by atoms with Crippen LogP contribution in [-0.2, 0) is 22.9 Å². The highest BCUT2D eigenvalue weighted by Gasteiger charge is 2.26. The van der Waals surface area contributed by atoms with Crippen LogP contribution in [0.2, 0.25) is 0 Å². The molecule has 7 nitrogen and oxygen atoms in total. The summed E-state index contributed by atoms with van der Waals surface area (Å²) in [5.74, 6) is -0.154. The molecule has 30 heavy (non-hydrogen) atoms. The maximum Gasteiger partial charge on any atom is 0.251 e. The molecule has 0 aliphatic heterocycles. The van der Waals surface area contributed by atoms with Gasteiger partial charge in [0.15, 0.2) is 0 Å². The third-order valence-corrected chi connectivity index (χ3v) is 6.79. The molecule has 1 aliphatic rings. The van der Waals surface area contributed by atoms with E-state index >= 15 is 0 Å². The van der Waals surface area contributed by atoms with Crippen LogP contribution in [0, 0.1) is 0 Å². The molecule has 4 rings (SSSR count). The van der Waals surface area contributed by atoms with Crippen molar-refractivity contribution in [1.82, 2.24) is 20.2 Å². The molecular weight excluding hydrogens is 400 g/mol. The summed E-state index contributed by atoms with van der Waals surface area (Å²) in [5, 5.41) is 9.66. The summed E-state index contributed by atoms with van der Waals surface area (Å²) in [6.45, 7) is 0.346. The van der Waals surface area contributed by atoms with Gasteiger partial charge in [-0.1, -0.05) is 24.3 Å². The van der Waals surface area contributed by atoms with Gasteiger partial charge < -0.3 is 5.32 Å². The SMILES string of the molecule is O=C(N[C@@H]1CCc2ccc(S(=O)(=O)NCCCc3cn[nH]c3)cc21)c1ccccc1. The molecule has 3 aromatic rings. The standard InChI is InChI=1S/C22H24N4O3S/c27-22(18-6-2-1-3-7-18)26-21-11-9-17-8-10-19(13-20(17)21)30(28,29)25-12-4-5-16-14-23-24-15-16/h1-3,6-8,10,13-15,21,25H,4-5,9,11-12H2,(H,23,24)(H,26,27)/t21-/m1/s1. The number of aromatic amines is 1. The summed E-state index contributed by atoms with van der Waals surface area (Å²) in [6, 6.07) is 14.0. The lowest BCUT2D eigenvalue weighted by atomic mass is 10.1. The number of carbonyl (C=O) groups excluding carboxylic acids is 1. The number of sulfonamides is 1. The first-order valence-electron chi connectivity index (χ1n) is 9.99. The quantitative estimate of drug-likeness (QED) is 0.484. The van der Waals surface area contributed by atoms with E-state index in [1.165, 1.54) is 0 Å². The molecule has 3 N–H and O–H groups in total. The summed E-state index contributed by atoms with van der Waals surface area (Å²) in [5.41, 5.74) is 3.59. The maximum atomic E-state index is 12.7. The monoisotopic (exact) mass is 424 g/mol. The highest BCUT2D eigenvalue weighted by molar-refractivity contribution is 7.89. The van der Waals surface area contributed by atoms with Crippen molar-refractivity contribution in [2.45, 2.75) is 36.6 Å². The van der Waals surface area contributed by atoms with Crippen LogP contribution < -0.4 is 10.0 Å². The molecule has 156 valence electrons. The molecule has 1 aliphatic carbocycles. The number of amides is 1. The molecule has 2 aromatic carbocycles. The molecule has 1 aromatic heterocycles. The predicted molar refractivity (Wildman–Crippen MR) is 114 cm³/mol.